The summed E-state index contributed by atoms with van der Waals surface area (Å²) in [5.41, 5.74) is 6.68. The minimum Gasteiger partial charge on any atom is -0.389 e. The van der Waals surface area contributed by atoms with Crippen LogP contribution < -0.4 is 10.5 Å². The summed E-state index contributed by atoms with van der Waals surface area (Å²) in [4.78, 5) is 13.1. The lowest BCUT2D eigenvalue weighted by molar-refractivity contribution is 0.0857. The van der Waals surface area contributed by atoms with Crippen molar-refractivity contribution in [3.05, 3.63) is 41.6 Å². The average Bonchev–Trinajstić information content (AvgIpc) is 2.98. The number of nitrogens with zero attached hydrogens (tertiary/aromatic N) is 5. The number of rotatable bonds is 6. The molecule has 0 spiro atoms. The van der Waals surface area contributed by atoms with Gasteiger partial charge in [0, 0.05) is 12.1 Å². The number of aryl methyl sites for hydroxylation is 3. The second-order valence-corrected chi connectivity index (χ2v) is 9.46. The van der Waals surface area contributed by atoms with E-state index in [2.05, 4.69) is 24.8 Å². The number of hydrogen-bond donors (Lipinski definition) is 3. The summed E-state index contributed by atoms with van der Waals surface area (Å²) in [6, 6.07) is 4.71. The standard InChI is InChI=1S/C19H25N7O3S/c1-11-6-7-14(30(28,29)22-10-19(4,5)27)8-15(11)16-9-21-17(20)18(24-16)26-13(3)23-12(2)25-26/h6-9,22,27H,10H2,1-5H3,(H2,20,21). The zero-order valence-corrected chi connectivity index (χ0v) is 18.3. The van der Waals surface area contributed by atoms with Gasteiger partial charge >= 0.3 is 0 Å². The molecule has 0 saturated heterocycles. The number of nitrogens with one attached hydrogen (secondary N) is 1. The molecule has 11 heteroatoms. The topological polar surface area (TPSA) is 149 Å². The van der Waals surface area contributed by atoms with E-state index in [1.54, 1.807) is 19.9 Å². The lowest BCUT2D eigenvalue weighted by atomic mass is 10.1. The first kappa shape index (κ1) is 21.8. The molecular weight excluding hydrogens is 406 g/mol. The summed E-state index contributed by atoms with van der Waals surface area (Å²) in [6.07, 6.45) is 1.49. The molecule has 0 aliphatic carbocycles. The molecule has 160 valence electrons. The van der Waals surface area contributed by atoms with E-state index >= 15 is 0 Å². The number of sulfonamides is 1. The van der Waals surface area contributed by atoms with Crippen molar-refractivity contribution < 1.29 is 13.5 Å². The Labute approximate surface area is 175 Å². The quantitative estimate of drug-likeness (QED) is 0.528. The summed E-state index contributed by atoms with van der Waals surface area (Å²) >= 11 is 0. The third-order valence-corrected chi connectivity index (χ3v) is 5.75. The molecular formula is C19H25N7O3S. The molecule has 0 bridgehead atoms. The van der Waals surface area contributed by atoms with E-state index in [0.29, 0.717) is 28.7 Å². The van der Waals surface area contributed by atoms with Gasteiger partial charge in [0.1, 0.15) is 11.6 Å². The van der Waals surface area contributed by atoms with Crippen LogP contribution in [0, 0.1) is 20.8 Å². The molecule has 3 aromatic rings. The number of anilines is 1. The SMILES string of the molecule is Cc1nc(C)n(-c2nc(-c3cc(S(=O)(=O)NCC(C)(C)O)ccc3C)cnc2N)n1. The maximum atomic E-state index is 12.7. The lowest BCUT2D eigenvalue weighted by Crippen LogP contribution is -2.38. The number of benzene rings is 1. The smallest absolute Gasteiger partial charge is 0.240 e. The molecule has 4 N–H and O–H groups in total. The fraction of sp³-hybridized carbons (Fsp3) is 0.368. The molecule has 1 aromatic carbocycles. The van der Waals surface area contributed by atoms with Crippen molar-refractivity contribution in [2.75, 3.05) is 12.3 Å². The Balaban J connectivity index is 2.06. The molecule has 0 saturated carbocycles. The van der Waals surface area contributed by atoms with Crippen LogP contribution in [0.1, 0.15) is 31.1 Å². The number of nitrogens with two attached hydrogens (primary N) is 1. The van der Waals surface area contributed by atoms with Crippen molar-refractivity contribution in [1.29, 1.82) is 0 Å². The molecule has 0 aliphatic heterocycles. The molecule has 0 aliphatic rings. The molecule has 3 rings (SSSR count). The Morgan fingerprint density at radius 3 is 2.50 bits per heavy atom. The van der Waals surface area contributed by atoms with Crippen LogP contribution in [0.4, 0.5) is 5.82 Å². The van der Waals surface area contributed by atoms with Crippen LogP contribution in [-0.4, -0.2) is 50.4 Å². The van der Waals surface area contributed by atoms with Crippen LogP contribution in [0.15, 0.2) is 29.3 Å². The Kier molecular flexibility index (Phi) is 5.63. The molecule has 2 aromatic heterocycles. The van der Waals surface area contributed by atoms with E-state index in [4.69, 9.17) is 5.73 Å². The van der Waals surface area contributed by atoms with E-state index in [1.807, 2.05) is 6.92 Å². The summed E-state index contributed by atoms with van der Waals surface area (Å²) in [5, 5.41) is 14.1. The van der Waals surface area contributed by atoms with Crippen LogP contribution in [0.25, 0.3) is 17.1 Å². The van der Waals surface area contributed by atoms with Crippen molar-refractivity contribution in [1.82, 2.24) is 29.5 Å². The van der Waals surface area contributed by atoms with Gasteiger partial charge in [0.2, 0.25) is 10.0 Å². The van der Waals surface area contributed by atoms with Crippen LogP contribution in [-0.2, 0) is 10.0 Å². The molecule has 0 unspecified atom stereocenters. The molecule has 0 radical (unpaired) electrons. The van der Waals surface area contributed by atoms with Gasteiger partial charge in [0.05, 0.1) is 22.4 Å². The van der Waals surface area contributed by atoms with Gasteiger partial charge in [-0.25, -0.2) is 28.1 Å². The minimum atomic E-state index is -3.82. The highest BCUT2D eigenvalue weighted by atomic mass is 32.2. The van der Waals surface area contributed by atoms with Crippen molar-refractivity contribution >= 4 is 15.8 Å². The van der Waals surface area contributed by atoms with Crippen molar-refractivity contribution in [2.24, 2.45) is 0 Å². The fourth-order valence-electron chi connectivity index (χ4n) is 2.80. The summed E-state index contributed by atoms with van der Waals surface area (Å²) < 4.78 is 29.2. The predicted molar refractivity (Wildman–Crippen MR) is 112 cm³/mol. The maximum Gasteiger partial charge on any atom is 0.240 e. The van der Waals surface area contributed by atoms with Crippen LogP contribution in [0.3, 0.4) is 0 Å². The highest BCUT2D eigenvalue weighted by Crippen LogP contribution is 2.27. The van der Waals surface area contributed by atoms with E-state index in [9.17, 15) is 13.5 Å². The highest BCUT2D eigenvalue weighted by Gasteiger charge is 2.21. The van der Waals surface area contributed by atoms with Gasteiger partial charge in [-0.15, -0.1) is 5.10 Å². The summed E-state index contributed by atoms with van der Waals surface area (Å²) in [5.74, 6) is 1.68. The Morgan fingerprint density at radius 2 is 1.90 bits per heavy atom. The van der Waals surface area contributed by atoms with Gasteiger partial charge in [-0.2, -0.15) is 4.68 Å². The van der Waals surface area contributed by atoms with Crippen LogP contribution in [0.2, 0.25) is 0 Å². The molecule has 0 amide bonds. The van der Waals surface area contributed by atoms with E-state index < -0.39 is 15.6 Å². The number of aliphatic hydroxyl groups is 1. The highest BCUT2D eigenvalue weighted by molar-refractivity contribution is 7.89. The van der Waals surface area contributed by atoms with Gasteiger partial charge in [-0.05, 0) is 52.3 Å². The Morgan fingerprint density at radius 1 is 1.20 bits per heavy atom. The van der Waals surface area contributed by atoms with Crippen LogP contribution in [0.5, 0.6) is 0 Å². The Bertz CT molecular complexity index is 1200. The summed E-state index contributed by atoms with van der Waals surface area (Å²) in [7, 11) is -3.82. The van der Waals surface area contributed by atoms with E-state index in [0.717, 1.165) is 5.56 Å². The lowest BCUT2D eigenvalue weighted by Gasteiger charge is -2.18. The molecule has 0 atom stereocenters. The van der Waals surface area contributed by atoms with Gasteiger partial charge in [-0.1, -0.05) is 6.07 Å². The molecule has 2 heterocycles. The van der Waals surface area contributed by atoms with Crippen LogP contribution >= 0.6 is 0 Å². The maximum absolute atomic E-state index is 12.7. The predicted octanol–water partition coefficient (Wildman–Crippen LogP) is 1.28. The van der Waals surface area contributed by atoms with Crippen molar-refractivity contribution in [3.63, 3.8) is 0 Å². The first-order chi connectivity index (χ1) is 13.9. The van der Waals surface area contributed by atoms with Gasteiger partial charge in [0.25, 0.3) is 0 Å². The minimum absolute atomic E-state index is 0.0558. The third-order valence-electron chi connectivity index (χ3n) is 4.35. The second-order valence-electron chi connectivity index (χ2n) is 7.70. The van der Waals surface area contributed by atoms with Gasteiger partial charge in [-0.3, -0.25) is 0 Å². The van der Waals surface area contributed by atoms with Crippen molar-refractivity contribution in [3.8, 4) is 17.1 Å². The number of hydrogen-bond acceptors (Lipinski definition) is 8. The monoisotopic (exact) mass is 431 g/mol. The number of aromatic nitrogens is 5. The van der Waals surface area contributed by atoms with E-state index in [1.165, 1.54) is 36.9 Å². The van der Waals surface area contributed by atoms with E-state index in [-0.39, 0.29) is 17.3 Å². The molecule has 0 fully saturated rings. The fourth-order valence-corrected chi connectivity index (χ4v) is 4.03. The first-order valence-electron chi connectivity index (χ1n) is 9.23. The van der Waals surface area contributed by atoms with Crippen molar-refractivity contribution in [2.45, 2.75) is 45.1 Å². The first-order valence-corrected chi connectivity index (χ1v) is 10.7. The second kappa shape index (κ2) is 7.74. The largest absolute Gasteiger partial charge is 0.389 e. The average molecular weight is 432 g/mol. The Hall–Kier alpha value is -2.89. The zero-order chi connectivity index (χ0) is 22.3. The normalized spacial score (nSPS) is 12.3. The zero-order valence-electron chi connectivity index (χ0n) is 17.5. The third kappa shape index (κ3) is 4.64. The van der Waals surface area contributed by atoms with Gasteiger partial charge in [0.15, 0.2) is 11.6 Å². The van der Waals surface area contributed by atoms with Gasteiger partial charge < -0.3 is 10.8 Å². The molecule has 10 nitrogen and oxygen atoms in total. The molecule has 30 heavy (non-hydrogen) atoms. The number of nitrogen functional groups attached to an aromatic ring is 1. The summed E-state index contributed by atoms with van der Waals surface area (Å²) in [6.45, 7) is 8.31.